The van der Waals surface area contributed by atoms with E-state index < -0.39 is 20.0 Å². The van der Waals surface area contributed by atoms with Gasteiger partial charge in [-0.05, 0) is 51.4 Å². The number of nitrogens with one attached hydrogen (secondary N) is 1. The van der Waals surface area contributed by atoms with Gasteiger partial charge < -0.3 is 19.8 Å². The van der Waals surface area contributed by atoms with Crippen molar-refractivity contribution in [3.05, 3.63) is 36.5 Å². The Bertz CT molecular complexity index is 1120. The summed E-state index contributed by atoms with van der Waals surface area (Å²) in [6.45, 7) is 4.77. The summed E-state index contributed by atoms with van der Waals surface area (Å²) in [5, 5.41) is 13.8. The van der Waals surface area contributed by atoms with E-state index in [-0.39, 0.29) is 19.1 Å². The predicted octanol–water partition coefficient (Wildman–Crippen LogP) is 15.8. The summed E-state index contributed by atoms with van der Waals surface area (Å²) in [7, 11) is 1.58. The first-order valence-electron chi connectivity index (χ1n) is 26.9. The van der Waals surface area contributed by atoms with Gasteiger partial charge in [-0.3, -0.25) is 13.8 Å². The number of quaternary nitrogens is 1. The second-order valence-corrected chi connectivity index (χ2v) is 21.1. The molecule has 0 aliphatic rings. The number of unbranched alkanes of at least 4 members (excludes halogenated alkanes) is 32. The van der Waals surface area contributed by atoms with Crippen LogP contribution in [0.25, 0.3) is 0 Å². The van der Waals surface area contributed by atoms with E-state index in [0.717, 1.165) is 44.9 Å². The number of carbonyl (C=O) groups is 1. The van der Waals surface area contributed by atoms with Gasteiger partial charge in [-0.25, -0.2) is 4.57 Å². The Morgan fingerprint density at radius 3 is 1.30 bits per heavy atom. The molecular weight excluding hydrogens is 804 g/mol. The number of phosphoric ester groups is 1. The molecule has 3 unspecified atom stereocenters. The third-order valence-electron chi connectivity index (χ3n) is 12.1. The summed E-state index contributed by atoms with van der Waals surface area (Å²) >= 11 is 0. The van der Waals surface area contributed by atoms with Crippen LogP contribution in [0.1, 0.15) is 251 Å². The number of hydrogen-bond donors (Lipinski definition) is 3. The Balaban J connectivity index is 3.88. The van der Waals surface area contributed by atoms with Gasteiger partial charge in [0.25, 0.3) is 0 Å². The highest BCUT2D eigenvalue weighted by molar-refractivity contribution is 7.47. The zero-order valence-electron chi connectivity index (χ0n) is 42.3. The molecule has 0 rings (SSSR count). The Morgan fingerprint density at radius 2 is 0.905 bits per heavy atom. The maximum absolute atomic E-state index is 12.9. The molecule has 0 aromatic rings. The van der Waals surface area contributed by atoms with Gasteiger partial charge in [0.05, 0.1) is 39.9 Å². The van der Waals surface area contributed by atoms with Crippen molar-refractivity contribution in [1.29, 1.82) is 0 Å². The molecule has 8 nitrogen and oxygen atoms in total. The number of aliphatic hydroxyl groups excluding tert-OH is 1. The van der Waals surface area contributed by atoms with Crippen LogP contribution in [0.5, 0.6) is 0 Å². The Morgan fingerprint density at radius 1 is 0.540 bits per heavy atom. The fourth-order valence-corrected chi connectivity index (χ4v) is 8.57. The standard InChI is InChI=1S/C54H105N2O6P/c1-6-8-10-12-14-16-17-18-19-20-21-22-23-24-25-26-27-28-29-30-31-32-33-34-35-36-37-38-39-40-42-44-46-48-54(58)55-52(51-62-63(59,60)61-50-49-56(3,4)5)53(57)47-45-43-41-15-13-11-9-7-2/h17-18,20-21,45,47,52-53,57H,6-16,19,22-44,46,48-51H2,1-5H3,(H-,55,58,59,60)/p+1/b18-17-,21-20-,47-45+. The van der Waals surface area contributed by atoms with E-state index in [1.807, 2.05) is 27.2 Å². The van der Waals surface area contributed by atoms with Gasteiger partial charge in [0.15, 0.2) is 0 Å². The zero-order chi connectivity index (χ0) is 46.4. The molecule has 0 aromatic carbocycles. The van der Waals surface area contributed by atoms with E-state index in [4.69, 9.17) is 9.05 Å². The number of amides is 1. The minimum atomic E-state index is -4.33. The number of hydrogen-bond acceptors (Lipinski definition) is 5. The summed E-state index contributed by atoms with van der Waals surface area (Å²) in [6, 6.07) is -0.841. The van der Waals surface area contributed by atoms with Crippen LogP contribution in [0.3, 0.4) is 0 Å². The third-order valence-corrected chi connectivity index (χ3v) is 13.1. The first kappa shape index (κ1) is 61.7. The average Bonchev–Trinajstić information content (AvgIpc) is 3.24. The molecule has 63 heavy (non-hydrogen) atoms. The largest absolute Gasteiger partial charge is 0.472 e. The van der Waals surface area contributed by atoms with Gasteiger partial charge in [-0.15, -0.1) is 0 Å². The van der Waals surface area contributed by atoms with Crippen LogP contribution in [0.15, 0.2) is 36.5 Å². The van der Waals surface area contributed by atoms with Crippen molar-refractivity contribution in [1.82, 2.24) is 5.32 Å². The molecule has 0 radical (unpaired) electrons. The molecule has 0 fully saturated rings. The maximum Gasteiger partial charge on any atom is 0.472 e. The van der Waals surface area contributed by atoms with E-state index in [9.17, 15) is 19.4 Å². The molecule has 1 amide bonds. The second-order valence-electron chi connectivity index (χ2n) is 19.6. The third kappa shape index (κ3) is 48.5. The van der Waals surface area contributed by atoms with Crippen LogP contribution < -0.4 is 5.32 Å². The van der Waals surface area contributed by atoms with Crippen LogP contribution in [0.4, 0.5) is 0 Å². The number of aliphatic hydroxyl groups is 1. The summed E-state index contributed by atoms with van der Waals surface area (Å²) < 4.78 is 23.5. The monoisotopic (exact) mass is 910 g/mol. The van der Waals surface area contributed by atoms with Gasteiger partial charge in [0, 0.05) is 6.42 Å². The van der Waals surface area contributed by atoms with Crippen LogP contribution in [-0.4, -0.2) is 73.4 Å². The van der Waals surface area contributed by atoms with E-state index >= 15 is 0 Å². The Hall–Kier alpha value is -1.28. The number of nitrogens with zero attached hydrogens (tertiary/aromatic N) is 1. The van der Waals surface area contributed by atoms with E-state index in [1.165, 1.54) is 186 Å². The molecule has 372 valence electrons. The lowest BCUT2D eigenvalue weighted by atomic mass is 10.0. The normalized spacial score (nSPS) is 14.3. The van der Waals surface area contributed by atoms with Gasteiger partial charge in [0.1, 0.15) is 13.2 Å². The molecule has 3 N–H and O–H groups in total. The Labute approximate surface area is 391 Å². The molecule has 0 bridgehead atoms. The molecule has 0 aromatic heterocycles. The summed E-state index contributed by atoms with van der Waals surface area (Å²) in [5.41, 5.74) is 0. The van der Waals surface area contributed by atoms with E-state index in [2.05, 4.69) is 43.5 Å². The second kappa shape index (κ2) is 45.9. The summed E-state index contributed by atoms with van der Waals surface area (Å²) in [6.07, 6.45) is 58.4. The van der Waals surface area contributed by atoms with Gasteiger partial charge in [-0.1, -0.05) is 230 Å². The highest BCUT2D eigenvalue weighted by Crippen LogP contribution is 2.43. The first-order valence-corrected chi connectivity index (χ1v) is 28.4. The fraction of sp³-hybridized carbons (Fsp3) is 0.870. The van der Waals surface area contributed by atoms with Crippen molar-refractivity contribution in [3.8, 4) is 0 Å². The van der Waals surface area contributed by atoms with Crippen LogP contribution in [0, 0.1) is 0 Å². The average molecular weight is 910 g/mol. The quantitative estimate of drug-likeness (QED) is 0.0243. The number of allylic oxidation sites excluding steroid dienone is 5. The van der Waals surface area contributed by atoms with Crippen LogP contribution in [0.2, 0.25) is 0 Å². The fourth-order valence-electron chi connectivity index (χ4n) is 7.84. The summed E-state index contributed by atoms with van der Waals surface area (Å²) in [4.78, 5) is 23.1. The highest BCUT2D eigenvalue weighted by atomic mass is 31.2. The molecule has 0 heterocycles. The summed E-state index contributed by atoms with van der Waals surface area (Å²) in [5.74, 6) is -0.177. The van der Waals surface area contributed by atoms with Crippen molar-refractivity contribution in [2.75, 3.05) is 40.9 Å². The molecule has 0 aliphatic heterocycles. The number of phosphoric acid groups is 1. The zero-order valence-corrected chi connectivity index (χ0v) is 43.2. The van der Waals surface area contributed by atoms with Crippen molar-refractivity contribution in [3.63, 3.8) is 0 Å². The lowest BCUT2D eigenvalue weighted by molar-refractivity contribution is -0.870. The molecule has 0 aliphatic carbocycles. The van der Waals surface area contributed by atoms with Gasteiger partial charge >= 0.3 is 7.82 Å². The molecule has 9 heteroatoms. The lowest BCUT2D eigenvalue weighted by Gasteiger charge is -2.25. The van der Waals surface area contributed by atoms with E-state index in [1.54, 1.807) is 6.08 Å². The van der Waals surface area contributed by atoms with Crippen molar-refractivity contribution < 1.29 is 32.9 Å². The lowest BCUT2D eigenvalue weighted by Crippen LogP contribution is -2.45. The van der Waals surface area contributed by atoms with Crippen LogP contribution >= 0.6 is 7.82 Å². The van der Waals surface area contributed by atoms with Gasteiger partial charge in [0.2, 0.25) is 5.91 Å². The van der Waals surface area contributed by atoms with E-state index in [0.29, 0.717) is 17.4 Å². The number of likely N-dealkylation sites (N-methyl/N-ethyl adjacent to an activating group) is 1. The van der Waals surface area contributed by atoms with Crippen molar-refractivity contribution in [2.24, 2.45) is 0 Å². The first-order chi connectivity index (χ1) is 30.5. The van der Waals surface area contributed by atoms with Crippen LogP contribution in [-0.2, 0) is 18.4 Å². The SMILES string of the molecule is CCCCCCC/C=C\C/C=C\CCCCCCCCCCCCCCCCCCCCCCCC(=O)NC(COP(=O)(O)OCC[N+](C)(C)C)C(O)/C=C/CCCCCCCC. The predicted molar refractivity (Wildman–Crippen MR) is 272 cm³/mol. The van der Waals surface area contributed by atoms with Crippen molar-refractivity contribution in [2.45, 2.75) is 264 Å². The van der Waals surface area contributed by atoms with Crippen molar-refractivity contribution >= 4 is 13.7 Å². The minimum absolute atomic E-state index is 0.0625. The highest BCUT2D eigenvalue weighted by Gasteiger charge is 2.27. The molecule has 0 saturated heterocycles. The molecule has 3 atom stereocenters. The smallest absolute Gasteiger partial charge is 0.387 e. The molecule has 0 spiro atoms. The molecular formula is C54H106N2O6P+. The number of rotatable bonds is 49. The minimum Gasteiger partial charge on any atom is -0.387 e. The Kier molecular flexibility index (Phi) is 44.9. The van der Waals surface area contributed by atoms with Gasteiger partial charge in [-0.2, -0.15) is 0 Å². The number of carbonyl (C=O) groups excluding carboxylic acids is 1. The maximum atomic E-state index is 12.9. The molecule has 0 saturated carbocycles. The topological polar surface area (TPSA) is 105 Å².